The van der Waals surface area contributed by atoms with Crippen LogP contribution in [0.2, 0.25) is 0 Å². The number of thioether (sulfide) groups is 1. The first kappa shape index (κ1) is 11.8. The fourth-order valence-corrected chi connectivity index (χ4v) is 2.07. The number of carbonyl (C=O) groups is 1. The molecule has 0 amide bonds. The van der Waals surface area contributed by atoms with Gasteiger partial charge in [-0.15, -0.1) is 11.8 Å². The van der Waals surface area contributed by atoms with Gasteiger partial charge in [-0.05, 0) is 40.3 Å². The highest BCUT2D eigenvalue weighted by Gasteiger charge is 2.00. The number of hydrogen-bond acceptors (Lipinski definition) is 3. The van der Waals surface area contributed by atoms with E-state index in [1.54, 1.807) is 11.8 Å². The molecule has 0 aromatic heterocycles. The molecule has 0 aliphatic carbocycles. The van der Waals surface area contributed by atoms with Gasteiger partial charge in [-0.3, -0.25) is 4.79 Å². The summed E-state index contributed by atoms with van der Waals surface area (Å²) in [6, 6.07) is 8.28. The number of ether oxygens (including phenoxy) is 1. The van der Waals surface area contributed by atoms with Crippen LogP contribution >= 0.6 is 34.4 Å². The van der Waals surface area contributed by atoms with E-state index < -0.39 is 0 Å². The van der Waals surface area contributed by atoms with E-state index in [1.807, 2.05) is 0 Å². The highest BCUT2D eigenvalue weighted by atomic mass is 127. The SMILES string of the molecule is COC(=O)CSCc1ccc(I)cc1. The molecule has 14 heavy (non-hydrogen) atoms. The third-order valence-electron chi connectivity index (χ3n) is 1.63. The number of hydrogen-bond donors (Lipinski definition) is 0. The first-order chi connectivity index (χ1) is 6.72. The van der Waals surface area contributed by atoms with Gasteiger partial charge in [0.15, 0.2) is 0 Å². The predicted octanol–water partition coefficient (Wildman–Crippen LogP) is 2.70. The summed E-state index contributed by atoms with van der Waals surface area (Å²) in [6.07, 6.45) is 0. The molecule has 0 bridgehead atoms. The summed E-state index contributed by atoms with van der Waals surface area (Å²) in [5.74, 6) is 1.11. The molecule has 0 aliphatic heterocycles. The Morgan fingerprint density at radius 1 is 1.43 bits per heavy atom. The molecule has 0 heterocycles. The Morgan fingerprint density at radius 3 is 2.64 bits per heavy atom. The van der Waals surface area contributed by atoms with Gasteiger partial charge in [0.2, 0.25) is 0 Å². The molecule has 0 aliphatic rings. The largest absolute Gasteiger partial charge is 0.468 e. The third kappa shape index (κ3) is 4.32. The Kier molecular flexibility index (Phi) is 5.32. The van der Waals surface area contributed by atoms with Crippen molar-refractivity contribution in [3.8, 4) is 0 Å². The van der Waals surface area contributed by atoms with E-state index in [0.717, 1.165) is 5.75 Å². The van der Waals surface area contributed by atoms with Crippen molar-refractivity contribution < 1.29 is 9.53 Å². The van der Waals surface area contributed by atoms with Crippen LogP contribution in [0, 0.1) is 3.57 Å². The van der Waals surface area contributed by atoms with E-state index in [9.17, 15) is 4.79 Å². The molecular formula is C10H11IO2S. The monoisotopic (exact) mass is 322 g/mol. The maximum Gasteiger partial charge on any atom is 0.315 e. The van der Waals surface area contributed by atoms with E-state index >= 15 is 0 Å². The van der Waals surface area contributed by atoms with Gasteiger partial charge in [0, 0.05) is 9.32 Å². The van der Waals surface area contributed by atoms with Gasteiger partial charge >= 0.3 is 5.97 Å². The molecule has 0 N–H and O–H groups in total. The number of methoxy groups -OCH3 is 1. The average Bonchev–Trinajstić information content (AvgIpc) is 2.21. The number of esters is 1. The van der Waals surface area contributed by atoms with Crippen LogP contribution in [-0.2, 0) is 15.3 Å². The van der Waals surface area contributed by atoms with Gasteiger partial charge in [-0.1, -0.05) is 12.1 Å². The second-order valence-corrected chi connectivity index (χ2v) is 4.93. The van der Waals surface area contributed by atoms with Gasteiger partial charge in [0.1, 0.15) is 0 Å². The third-order valence-corrected chi connectivity index (χ3v) is 3.33. The van der Waals surface area contributed by atoms with Crippen molar-refractivity contribution in [1.29, 1.82) is 0 Å². The zero-order chi connectivity index (χ0) is 10.4. The second kappa shape index (κ2) is 6.29. The van der Waals surface area contributed by atoms with Gasteiger partial charge in [0.25, 0.3) is 0 Å². The zero-order valence-electron chi connectivity index (χ0n) is 7.83. The predicted molar refractivity (Wildman–Crippen MR) is 67.3 cm³/mol. The molecule has 0 saturated heterocycles. The number of carbonyl (C=O) groups excluding carboxylic acids is 1. The summed E-state index contributed by atoms with van der Waals surface area (Å²) in [4.78, 5) is 10.8. The average molecular weight is 322 g/mol. The van der Waals surface area contributed by atoms with E-state index in [0.29, 0.717) is 5.75 Å². The van der Waals surface area contributed by atoms with Crippen molar-refractivity contribution >= 4 is 40.3 Å². The summed E-state index contributed by atoms with van der Waals surface area (Å²) in [5, 5.41) is 0. The Bertz CT molecular complexity index is 297. The summed E-state index contributed by atoms with van der Waals surface area (Å²) in [6.45, 7) is 0. The van der Waals surface area contributed by atoms with Crippen LogP contribution < -0.4 is 0 Å². The Balaban J connectivity index is 2.31. The Labute approximate surface area is 102 Å². The molecule has 4 heteroatoms. The quantitative estimate of drug-likeness (QED) is 0.630. The second-order valence-electron chi connectivity index (χ2n) is 2.70. The summed E-state index contributed by atoms with van der Waals surface area (Å²) >= 11 is 3.84. The maximum absolute atomic E-state index is 10.8. The fraction of sp³-hybridized carbons (Fsp3) is 0.300. The molecule has 1 aromatic rings. The summed E-state index contributed by atoms with van der Waals surface area (Å²) < 4.78 is 5.77. The van der Waals surface area contributed by atoms with Crippen LogP contribution in [0.1, 0.15) is 5.56 Å². The molecule has 1 aromatic carbocycles. The zero-order valence-corrected chi connectivity index (χ0v) is 10.8. The van der Waals surface area contributed by atoms with Crippen molar-refractivity contribution in [2.24, 2.45) is 0 Å². The molecule has 0 spiro atoms. The molecule has 0 saturated carbocycles. The van der Waals surface area contributed by atoms with Crippen LogP contribution in [0.4, 0.5) is 0 Å². The molecule has 2 nitrogen and oxygen atoms in total. The number of halogens is 1. The molecular weight excluding hydrogens is 311 g/mol. The van der Waals surface area contributed by atoms with Crippen LogP contribution in [0.3, 0.4) is 0 Å². The first-order valence-electron chi connectivity index (χ1n) is 4.11. The van der Waals surface area contributed by atoms with Crippen molar-refractivity contribution in [2.45, 2.75) is 5.75 Å². The van der Waals surface area contributed by atoms with Crippen molar-refractivity contribution in [2.75, 3.05) is 12.9 Å². The fourth-order valence-electron chi connectivity index (χ4n) is 0.892. The van der Waals surface area contributed by atoms with Crippen LogP contribution in [0.5, 0.6) is 0 Å². The van der Waals surface area contributed by atoms with Gasteiger partial charge in [-0.2, -0.15) is 0 Å². The minimum absolute atomic E-state index is 0.166. The van der Waals surface area contributed by atoms with E-state index in [2.05, 4.69) is 51.6 Å². The minimum Gasteiger partial charge on any atom is -0.468 e. The van der Waals surface area contributed by atoms with E-state index in [-0.39, 0.29) is 5.97 Å². The first-order valence-corrected chi connectivity index (χ1v) is 6.34. The number of benzene rings is 1. The summed E-state index contributed by atoms with van der Waals surface area (Å²) in [7, 11) is 1.41. The lowest BCUT2D eigenvalue weighted by atomic mass is 10.2. The Hall–Kier alpha value is -0.230. The lowest BCUT2D eigenvalue weighted by Crippen LogP contribution is -2.03. The van der Waals surface area contributed by atoms with Crippen molar-refractivity contribution in [3.05, 3.63) is 33.4 Å². The van der Waals surface area contributed by atoms with Crippen LogP contribution in [0.25, 0.3) is 0 Å². The van der Waals surface area contributed by atoms with Gasteiger partial charge in [-0.25, -0.2) is 0 Å². The molecule has 0 atom stereocenters. The molecule has 1 rings (SSSR count). The maximum atomic E-state index is 10.8. The summed E-state index contributed by atoms with van der Waals surface area (Å²) in [5.41, 5.74) is 1.24. The smallest absolute Gasteiger partial charge is 0.315 e. The van der Waals surface area contributed by atoms with Crippen LogP contribution in [0.15, 0.2) is 24.3 Å². The molecule has 0 fully saturated rings. The molecule has 76 valence electrons. The van der Waals surface area contributed by atoms with Gasteiger partial charge < -0.3 is 4.74 Å². The van der Waals surface area contributed by atoms with E-state index in [1.165, 1.54) is 16.2 Å². The standard InChI is InChI=1S/C10H11IO2S/c1-13-10(12)7-14-6-8-2-4-9(11)5-3-8/h2-5H,6-7H2,1H3. The number of rotatable bonds is 4. The highest BCUT2D eigenvalue weighted by Crippen LogP contribution is 2.13. The lowest BCUT2D eigenvalue weighted by Gasteiger charge is -2.00. The Morgan fingerprint density at radius 2 is 2.07 bits per heavy atom. The van der Waals surface area contributed by atoms with Crippen molar-refractivity contribution in [3.63, 3.8) is 0 Å². The van der Waals surface area contributed by atoms with Gasteiger partial charge in [0.05, 0.1) is 12.9 Å². The normalized spacial score (nSPS) is 9.86. The minimum atomic E-state index is -0.166. The van der Waals surface area contributed by atoms with Crippen LogP contribution in [-0.4, -0.2) is 18.8 Å². The molecule has 0 radical (unpaired) electrons. The topological polar surface area (TPSA) is 26.3 Å². The van der Waals surface area contributed by atoms with E-state index in [4.69, 9.17) is 0 Å². The molecule has 0 unspecified atom stereocenters. The van der Waals surface area contributed by atoms with Crippen molar-refractivity contribution in [1.82, 2.24) is 0 Å². The highest BCUT2D eigenvalue weighted by molar-refractivity contribution is 14.1. The lowest BCUT2D eigenvalue weighted by molar-refractivity contribution is -0.137.